The highest BCUT2D eigenvalue weighted by Crippen LogP contribution is 2.21. The number of carbonyl (C=O) groups excluding carboxylic acids is 2. The zero-order valence-electron chi connectivity index (χ0n) is 11.9. The maximum absolute atomic E-state index is 12.4. The number of pyridine rings is 1. The molecule has 3 atom stereocenters. The van der Waals surface area contributed by atoms with Crippen LogP contribution in [0.5, 0.6) is 0 Å². The Labute approximate surface area is 122 Å². The van der Waals surface area contributed by atoms with Crippen molar-refractivity contribution in [3.8, 4) is 0 Å². The third-order valence-corrected chi connectivity index (χ3v) is 3.31. The summed E-state index contributed by atoms with van der Waals surface area (Å²) in [7, 11) is 0. The third-order valence-electron chi connectivity index (χ3n) is 3.31. The SMILES string of the molecule is CC(C)NC(=O)C1[C@H](O)[C@@H](O)CN1C(=O)c1cccnc1. The molecule has 1 fully saturated rings. The van der Waals surface area contributed by atoms with E-state index < -0.39 is 30.1 Å². The molecule has 0 aromatic carbocycles. The molecule has 2 heterocycles. The van der Waals surface area contributed by atoms with Gasteiger partial charge in [0.15, 0.2) is 0 Å². The summed E-state index contributed by atoms with van der Waals surface area (Å²) in [6.45, 7) is 3.47. The van der Waals surface area contributed by atoms with Gasteiger partial charge in [-0.1, -0.05) is 0 Å². The molecule has 1 aromatic rings. The van der Waals surface area contributed by atoms with Crippen molar-refractivity contribution in [2.75, 3.05) is 6.54 Å². The van der Waals surface area contributed by atoms with E-state index in [1.165, 1.54) is 17.3 Å². The summed E-state index contributed by atoms with van der Waals surface area (Å²) < 4.78 is 0. The number of aromatic nitrogens is 1. The average Bonchev–Trinajstić information content (AvgIpc) is 2.74. The monoisotopic (exact) mass is 293 g/mol. The van der Waals surface area contributed by atoms with Gasteiger partial charge in [-0.2, -0.15) is 0 Å². The molecule has 0 radical (unpaired) electrons. The number of nitrogens with one attached hydrogen (secondary N) is 1. The number of hydrogen-bond donors (Lipinski definition) is 3. The van der Waals surface area contributed by atoms with Gasteiger partial charge in [0, 0.05) is 18.4 Å². The van der Waals surface area contributed by atoms with Crippen LogP contribution >= 0.6 is 0 Å². The van der Waals surface area contributed by atoms with Crippen molar-refractivity contribution in [2.24, 2.45) is 0 Å². The molecule has 21 heavy (non-hydrogen) atoms. The van der Waals surface area contributed by atoms with Crippen LogP contribution in [0.25, 0.3) is 0 Å². The summed E-state index contributed by atoms with van der Waals surface area (Å²) in [5.41, 5.74) is 0.307. The first-order chi connectivity index (χ1) is 9.91. The van der Waals surface area contributed by atoms with Gasteiger partial charge in [0.05, 0.1) is 12.1 Å². The Hall–Kier alpha value is -1.99. The number of aliphatic hydroxyl groups excluding tert-OH is 2. The number of rotatable bonds is 3. The minimum atomic E-state index is -1.30. The molecule has 0 saturated carbocycles. The number of likely N-dealkylation sites (tertiary alicyclic amines) is 1. The predicted molar refractivity (Wildman–Crippen MR) is 74.4 cm³/mol. The van der Waals surface area contributed by atoms with Gasteiger partial charge in [0.2, 0.25) is 5.91 Å². The number of nitrogens with zero attached hydrogens (tertiary/aromatic N) is 2. The molecular formula is C14H19N3O4. The van der Waals surface area contributed by atoms with E-state index in [0.29, 0.717) is 5.56 Å². The molecule has 7 nitrogen and oxygen atoms in total. The van der Waals surface area contributed by atoms with Crippen molar-refractivity contribution in [1.82, 2.24) is 15.2 Å². The van der Waals surface area contributed by atoms with E-state index >= 15 is 0 Å². The topological polar surface area (TPSA) is 103 Å². The zero-order valence-corrected chi connectivity index (χ0v) is 11.9. The molecular weight excluding hydrogens is 274 g/mol. The van der Waals surface area contributed by atoms with Crippen LogP contribution < -0.4 is 5.32 Å². The van der Waals surface area contributed by atoms with Crippen LogP contribution in [0.4, 0.5) is 0 Å². The molecule has 2 rings (SSSR count). The molecule has 1 aromatic heterocycles. The largest absolute Gasteiger partial charge is 0.388 e. The normalized spacial score (nSPS) is 25.2. The Kier molecular flexibility index (Phi) is 4.54. The minimum Gasteiger partial charge on any atom is -0.388 e. The Morgan fingerprint density at radius 1 is 1.43 bits per heavy atom. The lowest BCUT2D eigenvalue weighted by Gasteiger charge is -2.25. The van der Waals surface area contributed by atoms with Crippen LogP contribution in [-0.4, -0.2) is 62.7 Å². The second-order valence-electron chi connectivity index (χ2n) is 5.37. The van der Waals surface area contributed by atoms with Crippen LogP contribution in [-0.2, 0) is 4.79 Å². The summed E-state index contributed by atoms with van der Waals surface area (Å²) >= 11 is 0. The van der Waals surface area contributed by atoms with Crippen LogP contribution in [0.1, 0.15) is 24.2 Å². The first-order valence-corrected chi connectivity index (χ1v) is 6.79. The van der Waals surface area contributed by atoms with Gasteiger partial charge in [-0.15, -0.1) is 0 Å². The lowest BCUT2D eigenvalue weighted by Crippen LogP contribution is -2.52. The molecule has 1 unspecified atom stereocenters. The van der Waals surface area contributed by atoms with Gasteiger partial charge < -0.3 is 20.4 Å². The Morgan fingerprint density at radius 3 is 2.71 bits per heavy atom. The van der Waals surface area contributed by atoms with E-state index in [-0.39, 0.29) is 12.6 Å². The highest BCUT2D eigenvalue weighted by atomic mass is 16.3. The number of hydrogen-bond acceptors (Lipinski definition) is 5. The highest BCUT2D eigenvalue weighted by molar-refractivity contribution is 5.98. The third kappa shape index (κ3) is 3.20. The lowest BCUT2D eigenvalue weighted by molar-refractivity contribution is -0.128. The molecule has 0 spiro atoms. The van der Waals surface area contributed by atoms with E-state index in [0.717, 1.165) is 0 Å². The number of aliphatic hydroxyl groups is 2. The van der Waals surface area contributed by atoms with Gasteiger partial charge >= 0.3 is 0 Å². The van der Waals surface area contributed by atoms with Crippen molar-refractivity contribution >= 4 is 11.8 Å². The van der Waals surface area contributed by atoms with E-state index in [1.807, 2.05) is 0 Å². The fourth-order valence-electron chi connectivity index (χ4n) is 2.35. The summed E-state index contributed by atoms with van der Waals surface area (Å²) in [5.74, 6) is -0.922. The molecule has 114 valence electrons. The van der Waals surface area contributed by atoms with E-state index in [9.17, 15) is 19.8 Å². The second kappa shape index (κ2) is 6.19. The van der Waals surface area contributed by atoms with Crippen LogP contribution in [0, 0.1) is 0 Å². The van der Waals surface area contributed by atoms with E-state index in [2.05, 4.69) is 10.3 Å². The maximum Gasteiger partial charge on any atom is 0.256 e. The van der Waals surface area contributed by atoms with Crippen LogP contribution in [0.2, 0.25) is 0 Å². The molecule has 1 saturated heterocycles. The Morgan fingerprint density at radius 2 is 2.14 bits per heavy atom. The van der Waals surface area contributed by atoms with Crippen molar-refractivity contribution < 1.29 is 19.8 Å². The van der Waals surface area contributed by atoms with Crippen molar-refractivity contribution in [3.63, 3.8) is 0 Å². The summed E-state index contributed by atoms with van der Waals surface area (Å²) in [6.07, 6.45) is 0.474. The lowest BCUT2D eigenvalue weighted by atomic mass is 10.1. The smallest absolute Gasteiger partial charge is 0.256 e. The van der Waals surface area contributed by atoms with Crippen LogP contribution in [0.3, 0.4) is 0 Å². The van der Waals surface area contributed by atoms with Crippen molar-refractivity contribution in [2.45, 2.75) is 38.1 Å². The average molecular weight is 293 g/mol. The van der Waals surface area contributed by atoms with Gasteiger partial charge in [0.1, 0.15) is 18.2 Å². The Balaban J connectivity index is 2.24. The van der Waals surface area contributed by atoms with E-state index in [1.54, 1.807) is 26.0 Å². The summed E-state index contributed by atoms with van der Waals surface area (Å²) in [6, 6.07) is 1.95. The first kappa shape index (κ1) is 15.4. The summed E-state index contributed by atoms with van der Waals surface area (Å²) in [5, 5.41) is 22.4. The quantitative estimate of drug-likeness (QED) is 0.674. The standard InChI is InChI=1S/C14H19N3O4/c1-8(2)16-13(20)11-12(19)10(18)7-17(11)14(21)9-4-3-5-15-6-9/h3-6,8,10-12,18-19H,7H2,1-2H3,(H,16,20)/t10-,11?,12+/m0/s1. The van der Waals surface area contributed by atoms with Gasteiger partial charge in [-0.3, -0.25) is 14.6 Å². The number of carbonyl (C=O) groups is 2. The fourth-order valence-corrected chi connectivity index (χ4v) is 2.35. The molecule has 0 aliphatic carbocycles. The first-order valence-electron chi connectivity index (χ1n) is 6.79. The molecule has 7 heteroatoms. The molecule has 1 aliphatic heterocycles. The fraction of sp³-hybridized carbons (Fsp3) is 0.500. The molecule has 0 bridgehead atoms. The van der Waals surface area contributed by atoms with Crippen molar-refractivity contribution in [1.29, 1.82) is 0 Å². The molecule has 3 N–H and O–H groups in total. The van der Waals surface area contributed by atoms with E-state index in [4.69, 9.17) is 0 Å². The number of β-amino-alcohol motifs (C(OH)–C–C–N with tert-alkyl or cyclic N) is 1. The predicted octanol–water partition coefficient (Wildman–Crippen LogP) is -0.848. The number of amides is 2. The van der Waals surface area contributed by atoms with Crippen molar-refractivity contribution in [3.05, 3.63) is 30.1 Å². The van der Waals surface area contributed by atoms with Gasteiger partial charge in [0.25, 0.3) is 5.91 Å². The van der Waals surface area contributed by atoms with Crippen LogP contribution in [0.15, 0.2) is 24.5 Å². The highest BCUT2D eigenvalue weighted by Gasteiger charge is 2.46. The molecule has 2 amide bonds. The van der Waals surface area contributed by atoms with Gasteiger partial charge in [-0.25, -0.2) is 0 Å². The minimum absolute atomic E-state index is 0.0922. The summed E-state index contributed by atoms with van der Waals surface area (Å²) in [4.78, 5) is 29.6. The second-order valence-corrected chi connectivity index (χ2v) is 5.37. The van der Waals surface area contributed by atoms with Gasteiger partial charge in [-0.05, 0) is 26.0 Å². The molecule has 1 aliphatic rings. The Bertz CT molecular complexity index is 520. The maximum atomic E-state index is 12.4. The zero-order chi connectivity index (χ0) is 15.6.